The van der Waals surface area contributed by atoms with Crippen LogP contribution < -0.4 is 0 Å². The minimum atomic E-state index is -0.390. The number of nitrogens with zero attached hydrogens (tertiary/aromatic N) is 1. The monoisotopic (exact) mass is 445 g/mol. The van der Waals surface area contributed by atoms with Crippen LogP contribution in [-0.2, 0) is 9.53 Å². The lowest BCUT2D eigenvalue weighted by molar-refractivity contribution is -0.179. The fourth-order valence-electron chi connectivity index (χ4n) is 8.23. The van der Waals surface area contributed by atoms with E-state index in [4.69, 9.17) is 4.74 Å². The second kappa shape index (κ2) is 6.95. The van der Waals surface area contributed by atoms with Gasteiger partial charge in [0.25, 0.3) is 0 Å². The maximum atomic E-state index is 11.9. The highest BCUT2D eigenvalue weighted by atomic mass is 32.2. The predicted molar refractivity (Wildman–Crippen MR) is 124 cm³/mol. The number of hydrogen-bond acceptors (Lipinski definition) is 5. The molecule has 3 saturated carbocycles. The van der Waals surface area contributed by atoms with Gasteiger partial charge in [0.1, 0.15) is 5.60 Å². The average molecular weight is 446 g/mol. The highest BCUT2D eigenvalue weighted by Gasteiger charge is 2.66. The van der Waals surface area contributed by atoms with E-state index in [1.807, 2.05) is 0 Å². The highest BCUT2D eigenvalue weighted by Crippen LogP contribution is 2.70. The molecule has 1 spiro atoms. The van der Waals surface area contributed by atoms with Crippen LogP contribution in [0.25, 0.3) is 0 Å². The summed E-state index contributed by atoms with van der Waals surface area (Å²) < 4.78 is 6.26. The number of rotatable bonds is 1. The molecule has 0 unspecified atom stereocenters. The molecule has 5 rings (SSSR count). The summed E-state index contributed by atoms with van der Waals surface area (Å²) in [6, 6.07) is 2.77. The Balaban J connectivity index is 1.51. The fraction of sp³-hybridized carbons (Fsp3) is 0.840. The van der Waals surface area contributed by atoms with Gasteiger partial charge in [0.2, 0.25) is 0 Å². The van der Waals surface area contributed by atoms with Gasteiger partial charge in [0.15, 0.2) is 0 Å². The molecule has 0 aromatic rings. The number of nitriles is 1. The van der Waals surface area contributed by atoms with Crippen LogP contribution in [0.4, 0.5) is 0 Å². The molecule has 5 aliphatic rings. The minimum absolute atomic E-state index is 0.0143. The molecule has 0 radical (unpaired) electrons. The second-order valence-corrected chi connectivity index (χ2v) is 14.3. The fourth-order valence-corrected chi connectivity index (χ4v) is 11.4. The van der Waals surface area contributed by atoms with Gasteiger partial charge in [-0.2, -0.15) is 5.26 Å². The molecule has 4 aliphatic carbocycles. The van der Waals surface area contributed by atoms with Crippen molar-refractivity contribution in [2.75, 3.05) is 11.5 Å². The third-order valence-corrected chi connectivity index (χ3v) is 13.4. The molecule has 1 aliphatic heterocycles. The zero-order valence-corrected chi connectivity index (χ0v) is 20.5. The van der Waals surface area contributed by atoms with E-state index in [0.717, 1.165) is 32.1 Å². The van der Waals surface area contributed by atoms with Gasteiger partial charge in [-0.1, -0.05) is 25.5 Å². The lowest BCUT2D eigenvalue weighted by Crippen LogP contribution is -2.57. The van der Waals surface area contributed by atoms with Crippen LogP contribution in [0.3, 0.4) is 0 Å². The third kappa shape index (κ3) is 2.81. The van der Waals surface area contributed by atoms with Crippen molar-refractivity contribution in [2.45, 2.75) is 82.3 Å². The molecule has 3 nitrogen and oxygen atoms in total. The quantitative estimate of drug-likeness (QED) is 0.355. The van der Waals surface area contributed by atoms with E-state index in [2.05, 4.69) is 56.4 Å². The van der Waals surface area contributed by atoms with Crippen molar-refractivity contribution in [1.29, 1.82) is 5.26 Å². The molecule has 0 aromatic carbocycles. The average Bonchev–Trinajstić information content (AvgIpc) is 3.24. The Morgan fingerprint density at radius 2 is 1.80 bits per heavy atom. The first-order valence-corrected chi connectivity index (χ1v) is 13.7. The van der Waals surface area contributed by atoms with Crippen molar-refractivity contribution >= 4 is 29.5 Å². The first-order chi connectivity index (χ1) is 14.2. The van der Waals surface area contributed by atoms with Gasteiger partial charge >= 0.3 is 5.97 Å². The van der Waals surface area contributed by atoms with Gasteiger partial charge in [-0.15, -0.1) is 23.5 Å². The summed E-state index contributed by atoms with van der Waals surface area (Å²) in [6.07, 6.45) is 10.4. The van der Waals surface area contributed by atoms with Gasteiger partial charge < -0.3 is 4.74 Å². The summed E-state index contributed by atoms with van der Waals surface area (Å²) in [5.74, 6) is 3.96. The van der Waals surface area contributed by atoms with Crippen molar-refractivity contribution in [1.82, 2.24) is 0 Å². The molecule has 5 heteroatoms. The lowest BCUT2D eigenvalue weighted by Gasteiger charge is -2.61. The van der Waals surface area contributed by atoms with E-state index in [0.29, 0.717) is 17.8 Å². The molecule has 1 heterocycles. The number of ether oxygens (including phenoxy) is 1. The Bertz CT molecular complexity index is 827. The summed E-state index contributed by atoms with van der Waals surface area (Å²) in [6.45, 7) is 8.57. The number of allylic oxidation sites excluding steroid dienone is 1. The molecule has 4 fully saturated rings. The molecule has 0 N–H and O–H groups in total. The molecule has 30 heavy (non-hydrogen) atoms. The van der Waals surface area contributed by atoms with E-state index >= 15 is 0 Å². The summed E-state index contributed by atoms with van der Waals surface area (Å²) in [5, 5.41) is 10.3. The zero-order chi connectivity index (χ0) is 21.4. The summed E-state index contributed by atoms with van der Waals surface area (Å²) in [7, 11) is 0. The van der Waals surface area contributed by atoms with Crippen LogP contribution in [0.2, 0.25) is 0 Å². The van der Waals surface area contributed by atoms with E-state index < -0.39 is 0 Å². The minimum Gasteiger partial charge on any atom is -0.459 e. The van der Waals surface area contributed by atoms with Crippen LogP contribution in [0, 0.1) is 45.8 Å². The molecule has 0 bridgehead atoms. The van der Waals surface area contributed by atoms with E-state index in [1.54, 1.807) is 12.5 Å². The normalized spacial score (nSPS) is 48.8. The first-order valence-electron chi connectivity index (χ1n) is 11.8. The van der Waals surface area contributed by atoms with Crippen LogP contribution in [0.1, 0.15) is 72.6 Å². The Morgan fingerprint density at radius 3 is 2.47 bits per heavy atom. The summed E-state index contributed by atoms with van der Waals surface area (Å²) in [4.78, 5) is 11.9. The number of fused-ring (bicyclic) bond motifs is 5. The standard InChI is InChI=1S/C25H35NO2S2/c1-16(27)28-24(4)8-6-20-21-17(15-26)13-18-14-25(29-11-12-30-25)10-9-22(18,2)19(21)5-7-23(20,24)3/h14,17,19-21H,5-13H2,1-4H3/t17-,19-,20-,21+,22-,23-,24-/m0/s1. The van der Waals surface area contributed by atoms with Crippen molar-refractivity contribution in [3.8, 4) is 6.07 Å². The van der Waals surface area contributed by atoms with E-state index in [1.165, 1.54) is 24.3 Å². The van der Waals surface area contributed by atoms with Gasteiger partial charge in [0, 0.05) is 23.8 Å². The Hall–Kier alpha value is -0.600. The summed E-state index contributed by atoms with van der Waals surface area (Å²) >= 11 is 4.27. The van der Waals surface area contributed by atoms with Gasteiger partial charge in [-0.05, 0) is 75.0 Å². The Kier molecular flexibility index (Phi) is 4.92. The smallest absolute Gasteiger partial charge is 0.303 e. The zero-order valence-electron chi connectivity index (χ0n) is 18.8. The largest absolute Gasteiger partial charge is 0.459 e. The van der Waals surface area contributed by atoms with Crippen molar-refractivity contribution in [2.24, 2.45) is 34.5 Å². The summed E-state index contributed by atoms with van der Waals surface area (Å²) in [5.41, 5.74) is 1.43. The lowest BCUT2D eigenvalue weighted by atomic mass is 9.44. The van der Waals surface area contributed by atoms with E-state index in [-0.39, 0.29) is 32.4 Å². The first kappa shape index (κ1) is 21.3. The molecule has 0 amide bonds. The molecule has 164 valence electrons. The number of carbonyl (C=O) groups is 1. The Labute approximate surface area is 190 Å². The Morgan fingerprint density at radius 1 is 1.10 bits per heavy atom. The SMILES string of the molecule is CC(=O)O[C@@]1(C)CC[C@H]2[C@@H]3[C@H](C#N)CC4=CC5(CC[C@]4(C)[C@H]3CC[C@@]21C)SCCS5. The molecule has 1 saturated heterocycles. The molecule has 0 aromatic heterocycles. The van der Waals surface area contributed by atoms with Gasteiger partial charge in [0.05, 0.1) is 16.1 Å². The van der Waals surface area contributed by atoms with Crippen LogP contribution in [-0.4, -0.2) is 27.2 Å². The number of thioether (sulfide) groups is 2. The molecule has 7 atom stereocenters. The number of carbonyl (C=O) groups excluding carboxylic acids is 1. The van der Waals surface area contributed by atoms with Crippen LogP contribution >= 0.6 is 23.5 Å². The van der Waals surface area contributed by atoms with Crippen LogP contribution in [0.15, 0.2) is 11.6 Å². The molecular weight excluding hydrogens is 410 g/mol. The molecular formula is C25H35NO2S2. The maximum Gasteiger partial charge on any atom is 0.303 e. The number of hydrogen-bond donors (Lipinski definition) is 0. The second-order valence-electron chi connectivity index (χ2n) is 11.1. The van der Waals surface area contributed by atoms with Gasteiger partial charge in [-0.25, -0.2) is 0 Å². The van der Waals surface area contributed by atoms with Crippen molar-refractivity contribution in [3.63, 3.8) is 0 Å². The van der Waals surface area contributed by atoms with Crippen LogP contribution in [0.5, 0.6) is 0 Å². The van der Waals surface area contributed by atoms with Crippen molar-refractivity contribution < 1.29 is 9.53 Å². The van der Waals surface area contributed by atoms with E-state index in [9.17, 15) is 10.1 Å². The predicted octanol–water partition coefficient (Wildman–Crippen LogP) is 6.20. The third-order valence-electron chi connectivity index (χ3n) is 10.0. The van der Waals surface area contributed by atoms with Gasteiger partial charge in [-0.3, -0.25) is 4.79 Å². The number of esters is 1. The topological polar surface area (TPSA) is 50.1 Å². The van der Waals surface area contributed by atoms with Crippen molar-refractivity contribution in [3.05, 3.63) is 11.6 Å². The maximum absolute atomic E-state index is 11.9. The highest BCUT2D eigenvalue weighted by molar-refractivity contribution is 8.21.